The second-order valence-electron chi connectivity index (χ2n) is 4.37. The van der Waals surface area contributed by atoms with Crippen molar-refractivity contribution in [2.45, 2.75) is 32.4 Å². The zero-order valence-corrected chi connectivity index (χ0v) is 11.2. The standard InChI is InChI=1S/C13H21NO2.ClH/c1-10(2)12-5-3-4-11(6-12)7-14-8-13(16)9-15;/h3-6,10,13-16H,7-9H2,1-2H3;1H/t13-;/m1./s1. The first kappa shape index (κ1) is 16.4. The molecule has 0 aliphatic rings. The molecule has 0 heterocycles. The Morgan fingerprint density at radius 3 is 2.59 bits per heavy atom. The lowest BCUT2D eigenvalue weighted by Gasteiger charge is -2.11. The number of rotatable bonds is 6. The van der Waals surface area contributed by atoms with Gasteiger partial charge in [0.2, 0.25) is 0 Å². The highest BCUT2D eigenvalue weighted by Gasteiger charge is 2.02. The van der Waals surface area contributed by atoms with E-state index in [-0.39, 0.29) is 19.0 Å². The molecule has 1 atom stereocenters. The van der Waals surface area contributed by atoms with Gasteiger partial charge in [-0.1, -0.05) is 38.1 Å². The molecule has 0 radical (unpaired) electrons. The van der Waals surface area contributed by atoms with Crippen LogP contribution in [0.15, 0.2) is 24.3 Å². The van der Waals surface area contributed by atoms with Crippen LogP contribution in [-0.2, 0) is 6.54 Å². The minimum Gasteiger partial charge on any atom is -0.394 e. The van der Waals surface area contributed by atoms with Gasteiger partial charge < -0.3 is 15.5 Å². The molecule has 0 aliphatic carbocycles. The number of hydrogen-bond acceptors (Lipinski definition) is 3. The lowest BCUT2D eigenvalue weighted by Crippen LogP contribution is -2.28. The fourth-order valence-electron chi connectivity index (χ4n) is 1.51. The largest absolute Gasteiger partial charge is 0.394 e. The summed E-state index contributed by atoms with van der Waals surface area (Å²) in [7, 11) is 0. The molecule has 0 amide bonds. The van der Waals surface area contributed by atoms with E-state index in [0.717, 1.165) is 6.54 Å². The van der Waals surface area contributed by atoms with Crippen LogP contribution < -0.4 is 5.32 Å². The molecule has 0 aliphatic heterocycles. The van der Waals surface area contributed by atoms with Crippen LogP contribution in [0.25, 0.3) is 0 Å². The van der Waals surface area contributed by atoms with Crippen LogP contribution in [0.5, 0.6) is 0 Å². The predicted molar refractivity (Wildman–Crippen MR) is 72.6 cm³/mol. The Balaban J connectivity index is 0.00000256. The van der Waals surface area contributed by atoms with Crippen LogP contribution in [0.3, 0.4) is 0 Å². The maximum atomic E-state index is 9.17. The Hall–Kier alpha value is -0.610. The first-order valence-electron chi connectivity index (χ1n) is 5.72. The second-order valence-corrected chi connectivity index (χ2v) is 4.37. The van der Waals surface area contributed by atoms with Crippen molar-refractivity contribution in [2.75, 3.05) is 13.2 Å². The van der Waals surface area contributed by atoms with Gasteiger partial charge >= 0.3 is 0 Å². The Bertz CT molecular complexity index is 318. The van der Waals surface area contributed by atoms with Crippen LogP contribution in [0.2, 0.25) is 0 Å². The molecular formula is C13H22ClNO2. The summed E-state index contributed by atoms with van der Waals surface area (Å²) in [4.78, 5) is 0. The van der Waals surface area contributed by atoms with Crippen LogP contribution in [0, 0.1) is 0 Å². The Kier molecular flexibility index (Phi) is 8.17. The number of halogens is 1. The van der Waals surface area contributed by atoms with Crippen molar-refractivity contribution < 1.29 is 10.2 Å². The van der Waals surface area contributed by atoms with Crippen molar-refractivity contribution in [2.24, 2.45) is 0 Å². The summed E-state index contributed by atoms with van der Waals surface area (Å²) in [5.74, 6) is 0.531. The molecule has 0 unspecified atom stereocenters. The van der Waals surface area contributed by atoms with Crippen molar-refractivity contribution in [3.63, 3.8) is 0 Å². The van der Waals surface area contributed by atoms with E-state index >= 15 is 0 Å². The fourth-order valence-corrected chi connectivity index (χ4v) is 1.51. The van der Waals surface area contributed by atoms with Gasteiger partial charge in [-0.05, 0) is 17.0 Å². The Morgan fingerprint density at radius 1 is 1.29 bits per heavy atom. The highest BCUT2D eigenvalue weighted by Crippen LogP contribution is 2.15. The first-order chi connectivity index (χ1) is 7.63. The van der Waals surface area contributed by atoms with Gasteiger partial charge in [-0.2, -0.15) is 0 Å². The first-order valence-corrected chi connectivity index (χ1v) is 5.72. The zero-order chi connectivity index (χ0) is 12.0. The van der Waals surface area contributed by atoms with Crippen LogP contribution in [0.4, 0.5) is 0 Å². The Morgan fingerprint density at radius 2 is 2.00 bits per heavy atom. The number of aliphatic hydroxyl groups is 2. The third-order valence-corrected chi connectivity index (χ3v) is 2.54. The van der Waals surface area contributed by atoms with E-state index in [1.807, 2.05) is 0 Å². The number of aliphatic hydroxyl groups excluding tert-OH is 2. The molecule has 3 nitrogen and oxygen atoms in total. The summed E-state index contributed by atoms with van der Waals surface area (Å²) in [6.45, 7) is 5.28. The molecule has 0 fully saturated rings. The van der Waals surface area contributed by atoms with Gasteiger partial charge in [0.1, 0.15) is 0 Å². The minimum atomic E-state index is -0.673. The normalized spacial score (nSPS) is 12.3. The van der Waals surface area contributed by atoms with Crippen LogP contribution in [0.1, 0.15) is 30.9 Å². The van der Waals surface area contributed by atoms with Gasteiger partial charge in [-0.3, -0.25) is 0 Å². The highest BCUT2D eigenvalue weighted by molar-refractivity contribution is 5.85. The third-order valence-electron chi connectivity index (χ3n) is 2.54. The molecule has 98 valence electrons. The second kappa shape index (κ2) is 8.48. The average molecular weight is 260 g/mol. The molecule has 4 heteroatoms. The van der Waals surface area contributed by atoms with Crippen molar-refractivity contribution >= 4 is 12.4 Å². The number of benzene rings is 1. The van der Waals surface area contributed by atoms with Gasteiger partial charge in [-0.15, -0.1) is 12.4 Å². The maximum absolute atomic E-state index is 9.17. The van der Waals surface area contributed by atoms with E-state index in [1.54, 1.807) is 0 Å². The summed E-state index contributed by atoms with van der Waals surface area (Å²) >= 11 is 0. The van der Waals surface area contributed by atoms with Gasteiger partial charge in [0.05, 0.1) is 12.7 Å². The highest BCUT2D eigenvalue weighted by atomic mass is 35.5. The fraction of sp³-hybridized carbons (Fsp3) is 0.538. The smallest absolute Gasteiger partial charge is 0.0895 e. The zero-order valence-electron chi connectivity index (χ0n) is 10.4. The Labute approximate surface area is 109 Å². The number of hydrogen-bond donors (Lipinski definition) is 3. The van der Waals surface area contributed by atoms with E-state index in [9.17, 15) is 0 Å². The topological polar surface area (TPSA) is 52.5 Å². The minimum absolute atomic E-state index is 0. The summed E-state index contributed by atoms with van der Waals surface area (Å²) in [5, 5.41) is 20.9. The molecule has 17 heavy (non-hydrogen) atoms. The van der Waals surface area contributed by atoms with E-state index < -0.39 is 6.10 Å². The van der Waals surface area contributed by atoms with Crippen molar-refractivity contribution in [1.82, 2.24) is 5.32 Å². The average Bonchev–Trinajstić information content (AvgIpc) is 2.29. The quantitative estimate of drug-likeness (QED) is 0.729. The van der Waals surface area contributed by atoms with Gasteiger partial charge in [0, 0.05) is 13.1 Å². The van der Waals surface area contributed by atoms with E-state index in [0.29, 0.717) is 12.5 Å². The molecular weight excluding hydrogens is 238 g/mol. The SMILES string of the molecule is CC(C)c1cccc(CNC[C@@H](O)CO)c1.Cl. The number of nitrogens with one attached hydrogen (secondary N) is 1. The van der Waals surface area contributed by atoms with Crippen molar-refractivity contribution in [3.8, 4) is 0 Å². The molecule has 0 aromatic heterocycles. The molecule has 1 aromatic rings. The molecule has 0 spiro atoms. The van der Waals surface area contributed by atoms with Gasteiger partial charge in [0.25, 0.3) is 0 Å². The van der Waals surface area contributed by atoms with Crippen molar-refractivity contribution in [3.05, 3.63) is 35.4 Å². The van der Waals surface area contributed by atoms with Gasteiger partial charge in [-0.25, -0.2) is 0 Å². The molecule has 1 aromatic carbocycles. The third kappa shape index (κ3) is 6.03. The van der Waals surface area contributed by atoms with E-state index in [1.165, 1.54) is 11.1 Å². The van der Waals surface area contributed by atoms with E-state index in [4.69, 9.17) is 10.2 Å². The lowest BCUT2D eigenvalue weighted by atomic mass is 10.0. The van der Waals surface area contributed by atoms with Crippen LogP contribution in [-0.4, -0.2) is 29.5 Å². The summed E-state index contributed by atoms with van der Waals surface area (Å²) in [5.41, 5.74) is 2.53. The molecule has 3 N–H and O–H groups in total. The molecule has 0 bridgehead atoms. The van der Waals surface area contributed by atoms with Crippen molar-refractivity contribution in [1.29, 1.82) is 0 Å². The predicted octanol–water partition coefficient (Wildman–Crippen LogP) is 1.67. The van der Waals surface area contributed by atoms with E-state index in [2.05, 4.69) is 43.4 Å². The molecule has 0 saturated carbocycles. The monoisotopic (exact) mass is 259 g/mol. The summed E-state index contributed by atoms with van der Waals surface area (Å²) < 4.78 is 0. The maximum Gasteiger partial charge on any atom is 0.0895 e. The molecule has 0 saturated heterocycles. The summed E-state index contributed by atoms with van der Waals surface area (Å²) in [6.07, 6.45) is -0.673. The summed E-state index contributed by atoms with van der Waals surface area (Å²) in [6, 6.07) is 8.40. The van der Waals surface area contributed by atoms with Crippen LogP contribution >= 0.6 is 12.4 Å². The molecule has 1 rings (SSSR count). The lowest BCUT2D eigenvalue weighted by molar-refractivity contribution is 0.0942. The van der Waals surface area contributed by atoms with Gasteiger partial charge in [0.15, 0.2) is 0 Å².